The minimum Gasteiger partial charge on any atom is -0.494 e. The molecular formula is C16H20F3NO3. The van der Waals surface area contributed by atoms with Gasteiger partial charge in [0.2, 0.25) is 0 Å². The van der Waals surface area contributed by atoms with Crippen LogP contribution in [0.3, 0.4) is 0 Å². The lowest BCUT2D eigenvalue weighted by molar-refractivity contribution is -0.162. The molecule has 7 heteroatoms. The third-order valence-electron chi connectivity index (χ3n) is 3.11. The van der Waals surface area contributed by atoms with Gasteiger partial charge in [0.25, 0.3) is 5.91 Å². The molecule has 0 heterocycles. The van der Waals surface area contributed by atoms with Crippen LogP contribution in [-0.2, 0) is 9.63 Å². The lowest BCUT2D eigenvalue weighted by Gasteiger charge is -2.12. The van der Waals surface area contributed by atoms with Gasteiger partial charge in [0, 0.05) is 19.5 Å². The van der Waals surface area contributed by atoms with Crippen molar-refractivity contribution in [2.45, 2.75) is 25.9 Å². The molecule has 0 aliphatic carbocycles. The summed E-state index contributed by atoms with van der Waals surface area (Å²) in [7, 11) is 2.90. The molecule has 0 aromatic heterocycles. The number of hydrogen-bond acceptors (Lipinski definition) is 3. The number of carbonyl (C=O) groups is 1. The number of carbonyl (C=O) groups excluding carboxylic acids is 1. The monoisotopic (exact) mass is 331 g/mol. The molecule has 0 unspecified atom stereocenters. The molecule has 0 saturated carbocycles. The average molecular weight is 331 g/mol. The molecule has 0 aliphatic heterocycles. The molecule has 0 bridgehead atoms. The number of ether oxygens (including phenoxy) is 1. The van der Waals surface area contributed by atoms with Crippen molar-refractivity contribution < 1.29 is 27.5 Å². The number of nitrogens with zero attached hydrogens (tertiary/aromatic N) is 1. The number of rotatable bonds is 7. The van der Waals surface area contributed by atoms with E-state index in [1.165, 1.54) is 20.2 Å². The zero-order valence-electron chi connectivity index (χ0n) is 13.3. The van der Waals surface area contributed by atoms with E-state index in [1.54, 1.807) is 31.2 Å². The van der Waals surface area contributed by atoms with E-state index in [-0.39, 0.29) is 18.9 Å². The lowest BCUT2D eigenvalue weighted by atomic mass is 10.1. The second-order valence-corrected chi connectivity index (χ2v) is 4.94. The molecule has 128 valence electrons. The Balaban J connectivity index is 2.56. The van der Waals surface area contributed by atoms with Crippen LogP contribution in [0.25, 0.3) is 5.57 Å². The second-order valence-electron chi connectivity index (χ2n) is 4.94. The summed E-state index contributed by atoms with van der Waals surface area (Å²) in [4.78, 5) is 16.5. The summed E-state index contributed by atoms with van der Waals surface area (Å²) in [6.07, 6.45) is -3.66. The minimum atomic E-state index is -4.16. The quantitative estimate of drug-likeness (QED) is 0.433. The fourth-order valence-electron chi connectivity index (χ4n) is 1.73. The maximum Gasteiger partial charge on any atom is 0.389 e. The van der Waals surface area contributed by atoms with E-state index in [4.69, 9.17) is 9.57 Å². The summed E-state index contributed by atoms with van der Waals surface area (Å²) in [5.41, 5.74) is 1.55. The first-order chi connectivity index (χ1) is 10.7. The molecule has 0 N–H and O–H groups in total. The van der Waals surface area contributed by atoms with Crippen molar-refractivity contribution in [2.75, 3.05) is 20.8 Å². The van der Waals surface area contributed by atoms with Crippen LogP contribution in [-0.4, -0.2) is 37.9 Å². The van der Waals surface area contributed by atoms with Gasteiger partial charge in [-0.15, -0.1) is 0 Å². The van der Waals surface area contributed by atoms with Gasteiger partial charge in [0.1, 0.15) is 5.75 Å². The number of amides is 1. The highest BCUT2D eigenvalue weighted by Crippen LogP contribution is 2.22. The van der Waals surface area contributed by atoms with Crippen molar-refractivity contribution in [3.63, 3.8) is 0 Å². The van der Waals surface area contributed by atoms with Crippen LogP contribution in [0, 0.1) is 0 Å². The number of hydrogen-bond donors (Lipinski definition) is 0. The number of halogens is 3. The van der Waals surface area contributed by atoms with E-state index >= 15 is 0 Å². The van der Waals surface area contributed by atoms with Gasteiger partial charge >= 0.3 is 6.18 Å². The molecular weight excluding hydrogens is 311 g/mol. The molecule has 1 aromatic carbocycles. The molecule has 0 spiro atoms. The summed E-state index contributed by atoms with van der Waals surface area (Å²) < 4.78 is 41.3. The molecule has 0 saturated heterocycles. The van der Waals surface area contributed by atoms with Crippen LogP contribution in [0.5, 0.6) is 5.75 Å². The van der Waals surface area contributed by atoms with Crippen molar-refractivity contribution in [2.24, 2.45) is 0 Å². The summed E-state index contributed by atoms with van der Waals surface area (Å²) in [6.45, 7) is 1.78. The molecule has 0 aliphatic rings. The maximum atomic E-state index is 12.0. The fourth-order valence-corrected chi connectivity index (χ4v) is 1.73. The SMILES string of the molecule is CON(C)C(=O)C=C(C)c1ccc(OCCCC(F)(F)F)cc1. The second kappa shape index (κ2) is 8.57. The Morgan fingerprint density at radius 2 is 1.87 bits per heavy atom. The van der Waals surface area contributed by atoms with Gasteiger partial charge in [0.05, 0.1) is 13.7 Å². The smallest absolute Gasteiger partial charge is 0.389 e. The van der Waals surface area contributed by atoms with Crippen molar-refractivity contribution >= 4 is 11.5 Å². The third-order valence-corrected chi connectivity index (χ3v) is 3.11. The number of alkyl halides is 3. The Bertz CT molecular complexity index is 538. The van der Waals surface area contributed by atoms with Crippen LogP contribution in [0.2, 0.25) is 0 Å². The standard InChI is InChI=1S/C16H20F3NO3/c1-12(11-15(21)20(2)22-3)13-5-7-14(8-6-13)23-10-4-9-16(17,18)19/h5-8,11H,4,9-10H2,1-3H3. The van der Waals surface area contributed by atoms with Crippen molar-refractivity contribution in [3.8, 4) is 5.75 Å². The van der Waals surface area contributed by atoms with Gasteiger partial charge in [0.15, 0.2) is 0 Å². The van der Waals surface area contributed by atoms with E-state index in [9.17, 15) is 18.0 Å². The highest BCUT2D eigenvalue weighted by Gasteiger charge is 2.26. The summed E-state index contributed by atoms with van der Waals surface area (Å²) in [5, 5.41) is 1.10. The van der Waals surface area contributed by atoms with Crippen LogP contribution >= 0.6 is 0 Å². The zero-order valence-corrected chi connectivity index (χ0v) is 13.3. The van der Waals surface area contributed by atoms with Crippen LogP contribution in [0.4, 0.5) is 13.2 Å². The van der Waals surface area contributed by atoms with E-state index in [0.29, 0.717) is 5.75 Å². The van der Waals surface area contributed by atoms with Crippen LogP contribution in [0.1, 0.15) is 25.3 Å². The zero-order chi connectivity index (χ0) is 17.5. The Morgan fingerprint density at radius 3 is 2.39 bits per heavy atom. The number of benzene rings is 1. The number of allylic oxidation sites excluding steroid dienone is 1. The van der Waals surface area contributed by atoms with Gasteiger partial charge in [-0.1, -0.05) is 12.1 Å². The Labute approximate surface area is 133 Å². The van der Waals surface area contributed by atoms with E-state index in [0.717, 1.165) is 16.2 Å². The number of likely N-dealkylation sites (N-methyl/N-ethyl adjacent to an activating group) is 1. The van der Waals surface area contributed by atoms with Gasteiger partial charge in [-0.25, -0.2) is 5.06 Å². The normalized spacial score (nSPS) is 12.2. The third kappa shape index (κ3) is 7.19. The van der Waals surface area contributed by atoms with E-state index in [2.05, 4.69) is 0 Å². The maximum absolute atomic E-state index is 12.0. The van der Waals surface area contributed by atoms with Gasteiger partial charge in [-0.2, -0.15) is 13.2 Å². The fraction of sp³-hybridized carbons (Fsp3) is 0.438. The largest absolute Gasteiger partial charge is 0.494 e. The average Bonchev–Trinajstić information content (AvgIpc) is 2.50. The van der Waals surface area contributed by atoms with Crippen molar-refractivity contribution in [3.05, 3.63) is 35.9 Å². The molecule has 1 amide bonds. The molecule has 23 heavy (non-hydrogen) atoms. The van der Waals surface area contributed by atoms with Crippen LogP contribution in [0.15, 0.2) is 30.3 Å². The Morgan fingerprint density at radius 1 is 1.26 bits per heavy atom. The Hall–Kier alpha value is -2.02. The summed E-state index contributed by atoms with van der Waals surface area (Å²) in [5.74, 6) is 0.196. The first-order valence-electron chi connectivity index (χ1n) is 7.03. The lowest BCUT2D eigenvalue weighted by Crippen LogP contribution is -2.23. The summed E-state index contributed by atoms with van der Waals surface area (Å²) in [6, 6.07) is 6.80. The Kier molecular flexibility index (Phi) is 7.09. The highest BCUT2D eigenvalue weighted by atomic mass is 19.4. The van der Waals surface area contributed by atoms with Gasteiger partial charge in [-0.3, -0.25) is 9.63 Å². The van der Waals surface area contributed by atoms with Gasteiger partial charge < -0.3 is 4.74 Å². The number of hydroxylamine groups is 2. The van der Waals surface area contributed by atoms with Gasteiger partial charge in [-0.05, 0) is 36.6 Å². The molecule has 1 rings (SSSR count). The van der Waals surface area contributed by atoms with E-state index < -0.39 is 12.6 Å². The minimum absolute atomic E-state index is 0.00476. The molecule has 1 aromatic rings. The predicted octanol–water partition coefficient (Wildman–Crippen LogP) is 3.83. The van der Waals surface area contributed by atoms with Crippen molar-refractivity contribution in [1.29, 1.82) is 0 Å². The molecule has 4 nitrogen and oxygen atoms in total. The van der Waals surface area contributed by atoms with Crippen molar-refractivity contribution in [1.82, 2.24) is 5.06 Å². The molecule has 0 fully saturated rings. The first-order valence-corrected chi connectivity index (χ1v) is 7.03. The summed E-state index contributed by atoms with van der Waals surface area (Å²) >= 11 is 0. The van der Waals surface area contributed by atoms with Crippen LogP contribution < -0.4 is 4.74 Å². The van der Waals surface area contributed by atoms with E-state index in [1.807, 2.05) is 0 Å². The highest BCUT2D eigenvalue weighted by molar-refractivity contribution is 5.94. The first kappa shape index (κ1) is 19.0. The molecule has 0 radical (unpaired) electrons. The predicted molar refractivity (Wildman–Crippen MR) is 80.7 cm³/mol. The molecule has 0 atom stereocenters. The topological polar surface area (TPSA) is 38.8 Å².